The molecule has 2 nitrogen and oxygen atoms in total. The summed E-state index contributed by atoms with van der Waals surface area (Å²) >= 11 is 5.46. The van der Waals surface area contributed by atoms with E-state index < -0.39 is 0 Å². The summed E-state index contributed by atoms with van der Waals surface area (Å²) in [6.45, 7) is 10.3. The summed E-state index contributed by atoms with van der Waals surface area (Å²) in [5, 5.41) is 0. The van der Waals surface area contributed by atoms with Crippen molar-refractivity contribution in [2.24, 2.45) is 11.8 Å². The Morgan fingerprint density at radius 3 is 2.61 bits per heavy atom. The van der Waals surface area contributed by atoms with Crippen LogP contribution in [0.4, 0.5) is 0 Å². The highest BCUT2D eigenvalue weighted by molar-refractivity contribution is 7.71. The van der Waals surface area contributed by atoms with Gasteiger partial charge in [0.25, 0.3) is 0 Å². The first kappa shape index (κ1) is 13.9. The maximum atomic E-state index is 5.46. The van der Waals surface area contributed by atoms with Crippen LogP contribution >= 0.6 is 12.2 Å². The Balaban J connectivity index is 2.23. The van der Waals surface area contributed by atoms with Crippen molar-refractivity contribution in [1.82, 2.24) is 9.55 Å². The van der Waals surface area contributed by atoms with Crippen LogP contribution in [-0.2, 0) is 12.0 Å². The van der Waals surface area contributed by atoms with Gasteiger partial charge in [-0.25, -0.2) is 0 Å². The molecule has 1 fully saturated rings. The monoisotopic (exact) mass is 266 g/mol. The van der Waals surface area contributed by atoms with Gasteiger partial charge in [-0.05, 0) is 30.5 Å². The standard InChI is InChI=1S/C15H26N2S/c1-11-7-5-6-8-12(11)10-17-13(15(2,3)4)9-16-14(17)18/h9,11-12H,5-8,10H2,1-4H3,(H,16,18). The van der Waals surface area contributed by atoms with Gasteiger partial charge in [0.2, 0.25) is 0 Å². The molecule has 0 aromatic carbocycles. The van der Waals surface area contributed by atoms with Gasteiger partial charge in [-0.15, -0.1) is 0 Å². The van der Waals surface area contributed by atoms with E-state index in [4.69, 9.17) is 12.2 Å². The number of aromatic nitrogens is 2. The fourth-order valence-corrected chi connectivity index (χ4v) is 3.33. The summed E-state index contributed by atoms with van der Waals surface area (Å²) in [6.07, 6.45) is 7.63. The normalized spacial score (nSPS) is 25.3. The summed E-state index contributed by atoms with van der Waals surface area (Å²) in [5.74, 6) is 1.63. The molecule has 1 N–H and O–H groups in total. The third-order valence-electron chi connectivity index (χ3n) is 4.34. The first-order valence-corrected chi connectivity index (χ1v) is 7.59. The van der Waals surface area contributed by atoms with Crippen LogP contribution in [-0.4, -0.2) is 9.55 Å². The molecular weight excluding hydrogens is 240 g/mol. The Hall–Kier alpha value is -0.570. The van der Waals surface area contributed by atoms with Crippen molar-refractivity contribution in [3.63, 3.8) is 0 Å². The fraction of sp³-hybridized carbons (Fsp3) is 0.800. The predicted molar refractivity (Wildman–Crippen MR) is 79.4 cm³/mol. The number of nitrogens with zero attached hydrogens (tertiary/aromatic N) is 1. The summed E-state index contributed by atoms with van der Waals surface area (Å²) in [7, 11) is 0. The second-order valence-corrected chi connectivity index (χ2v) is 7.25. The molecule has 2 atom stereocenters. The van der Waals surface area contributed by atoms with Crippen LogP contribution in [0.25, 0.3) is 0 Å². The molecule has 1 aromatic heterocycles. The molecule has 1 aromatic rings. The number of nitrogens with one attached hydrogen (secondary N) is 1. The van der Waals surface area contributed by atoms with E-state index in [0.717, 1.165) is 23.2 Å². The number of hydrogen-bond acceptors (Lipinski definition) is 1. The number of H-pyrrole nitrogens is 1. The average Bonchev–Trinajstić information content (AvgIpc) is 2.63. The maximum absolute atomic E-state index is 5.46. The molecule has 1 aliphatic carbocycles. The summed E-state index contributed by atoms with van der Waals surface area (Å²) in [4.78, 5) is 3.23. The molecule has 0 spiro atoms. The summed E-state index contributed by atoms with van der Waals surface area (Å²) in [5.41, 5.74) is 1.50. The molecule has 2 rings (SSSR count). The van der Waals surface area contributed by atoms with E-state index in [-0.39, 0.29) is 5.41 Å². The molecular formula is C15H26N2S. The van der Waals surface area contributed by atoms with Gasteiger partial charge in [0.15, 0.2) is 4.77 Å². The van der Waals surface area contributed by atoms with Crippen molar-refractivity contribution in [3.8, 4) is 0 Å². The smallest absolute Gasteiger partial charge is 0.177 e. The molecule has 0 radical (unpaired) electrons. The lowest BCUT2D eigenvalue weighted by molar-refractivity contribution is 0.224. The molecule has 3 heteroatoms. The van der Waals surface area contributed by atoms with Crippen molar-refractivity contribution in [1.29, 1.82) is 0 Å². The number of aromatic amines is 1. The minimum Gasteiger partial charge on any atom is -0.337 e. The molecule has 1 heterocycles. The van der Waals surface area contributed by atoms with Gasteiger partial charge in [0.1, 0.15) is 0 Å². The lowest BCUT2D eigenvalue weighted by atomic mass is 9.80. The molecule has 1 saturated carbocycles. The van der Waals surface area contributed by atoms with Gasteiger partial charge in [0, 0.05) is 23.9 Å². The molecule has 102 valence electrons. The van der Waals surface area contributed by atoms with Gasteiger partial charge in [0.05, 0.1) is 0 Å². The van der Waals surface area contributed by atoms with Crippen LogP contribution in [0, 0.1) is 16.6 Å². The van der Waals surface area contributed by atoms with Gasteiger partial charge in [-0.2, -0.15) is 0 Å². The van der Waals surface area contributed by atoms with Crippen molar-refractivity contribution in [2.45, 2.75) is 65.3 Å². The van der Waals surface area contributed by atoms with E-state index in [0.29, 0.717) is 0 Å². The van der Waals surface area contributed by atoms with Crippen molar-refractivity contribution in [2.75, 3.05) is 0 Å². The molecule has 0 bridgehead atoms. The predicted octanol–water partition coefficient (Wildman–Crippen LogP) is 4.67. The fourth-order valence-electron chi connectivity index (χ4n) is 3.10. The van der Waals surface area contributed by atoms with E-state index in [9.17, 15) is 0 Å². The molecule has 0 saturated heterocycles. The largest absolute Gasteiger partial charge is 0.337 e. The van der Waals surface area contributed by atoms with Crippen LogP contribution < -0.4 is 0 Å². The van der Waals surface area contributed by atoms with Crippen LogP contribution in [0.3, 0.4) is 0 Å². The van der Waals surface area contributed by atoms with Gasteiger partial charge in [-0.1, -0.05) is 47.0 Å². The highest BCUT2D eigenvalue weighted by Crippen LogP contribution is 2.32. The third-order valence-corrected chi connectivity index (χ3v) is 4.68. The van der Waals surface area contributed by atoms with Crippen LogP contribution in [0.1, 0.15) is 59.1 Å². The zero-order valence-electron chi connectivity index (χ0n) is 12.1. The SMILES string of the molecule is CC1CCCCC1Cn1c(C(C)(C)C)c[nH]c1=S. The lowest BCUT2D eigenvalue weighted by Gasteiger charge is -2.31. The van der Waals surface area contributed by atoms with Gasteiger partial charge >= 0.3 is 0 Å². The quantitative estimate of drug-likeness (QED) is 0.771. The highest BCUT2D eigenvalue weighted by atomic mass is 32.1. The molecule has 2 unspecified atom stereocenters. The van der Waals surface area contributed by atoms with Crippen molar-refractivity contribution in [3.05, 3.63) is 16.7 Å². The third kappa shape index (κ3) is 2.87. The minimum absolute atomic E-state index is 0.158. The van der Waals surface area contributed by atoms with Gasteiger partial charge < -0.3 is 9.55 Å². The summed E-state index contributed by atoms with van der Waals surface area (Å²) in [6, 6.07) is 0. The Kier molecular flexibility index (Phi) is 4.00. The maximum Gasteiger partial charge on any atom is 0.177 e. The van der Waals surface area contributed by atoms with E-state index in [1.165, 1.54) is 31.4 Å². The zero-order valence-corrected chi connectivity index (χ0v) is 12.9. The molecule has 0 aliphatic heterocycles. The number of hydrogen-bond donors (Lipinski definition) is 1. The molecule has 0 amide bonds. The average molecular weight is 266 g/mol. The Bertz CT molecular complexity index is 450. The van der Waals surface area contributed by atoms with E-state index >= 15 is 0 Å². The zero-order chi connectivity index (χ0) is 13.3. The Morgan fingerprint density at radius 1 is 1.33 bits per heavy atom. The first-order chi connectivity index (χ1) is 8.39. The van der Waals surface area contributed by atoms with Crippen LogP contribution in [0.15, 0.2) is 6.20 Å². The van der Waals surface area contributed by atoms with Crippen molar-refractivity contribution >= 4 is 12.2 Å². The van der Waals surface area contributed by atoms with Gasteiger partial charge in [-0.3, -0.25) is 0 Å². The van der Waals surface area contributed by atoms with E-state index in [1.807, 2.05) is 0 Å². The minimum atomic E-state index is 0.158. The highest BCUT2D eigenvalue weighted by Gasteiger charge is 2.25. The van der Waals surface area contributed by atoms with Crippen molar-refractivity contribution < 1.29 is 0 Å². The van der Waals surface area contributed by atoms with Crippen LogP contribution in [0.2, 0.25) is 0 Å². The molecule has 18 heavy (non-hydrogen) atoms. The van der Waals surface area contributed by atoms with E-state index in [1.54, 1.807) is 0 Å². The molecule has 1 aliphatic rings. The van der Waals surface area contributed by atoms with E-state index in [2.05, 4.69) is 43.4 Å². The summed E-state index contributed by atoms with van der Waals surface area (Å²) < 4.78 is 3.22. The number of rotatable bonds is 2. The second kappa shape index (κ2) is 5.20. The number of imidazole rings is 1. The topological polar surface area (TPSA) is 20.7 Å². The first-order valence-electron chi connectivity index (χ1n) is 7.18. The lowest BCUT2D eigenvalue weighted by Crippen LogP contribution is -2.25. The Morgan fingerprint density at radius 2 is 2.00 bits per heavy atom. The van der Waals surface area contributed by atoms with Crippen LogP contribution in [0.5, 0.6) is 0 Å². The second-order valence-electron chi connectivity index (χ2n) is 6.86. The Labute approximate surface area is 116 Å².